The predicted molar refractivity (Wildman–Crippen MR) is 45.8 cm³/mol. The molecule has 1 atom stereocenters. The molecule has 1 unspecified atom stereocenters. The molecule has 0 saturated carbocycles. The number of carbonyl (C=O) groups is 2. The Labute approximate surface area is 76.1 Å². The smallest absolute Gasteiger partial charge is 0.337 e. The van der Waals surface area contributed by atoms with Gasteiger partial charge in [0.1, 0.15) is 0 Å². The van der Waals surface area contributed by atoms with Crippen molar-refractivity contribution in [2.45, 2.75) is 19.9 Å². The van der Waals surface area contributed by atoms with Crippen LogP contribution in [0.5, 0.6) is 0 Å². The predicted octanol–water partition coefficient (Wildman–Crippen LogP) is 0.135. The van der Waals surface area contributed by atoms with E-state index >= 15 is 0 Å². The molecular weight excluding hydrogens is 172 g/mol. The van der Waals surface area contributed by atoms with Gasteiger partial charge in [-0.2, -0.15) is 0 Å². The molecule has 2 amide bonds. The third-order valence-corrected chi connectivity index (χ3v) is 1.68. The molecule has 1 aliphatic rings. The second-order valence-electron chi connectivity index (χ2n) is 2.66. The minimum atomic E-state index is -0.400. The molecule has 0 aromatic rings. The number of amides is 2. The number of rotatable bonds is 2. The Kier molecular flexibility index (Phi) is 2.89. The second kappa shape index (κ2) is 3.93. The van der Waals surface area contributed by atoms with Crippen molar-refractivity contribution in [2.24, 2.45) is 0 Å². The SMILES string of the molecule is CCOC(=O)C1=CNC(=O)NC1C. The first kappa shape index (κ1) is 9.57. The Morgan fingerprint density at radius 2 is 2.38 bits per heavy atom. The molecule has 0 aromatic heterocycles. The van der Waals surface area contributed by atoms with E-state index in [4.69, 9.17) is 4.74 Å². The maximum Gasteiger partial charge on any atom is 0.337 e. The Hall–Kier alpha value is -1.52. The van der Waals surface area contributed by atoms with Crippen molar-refractivity contribution in [3.8, 4) is 0 Å². The molecule has 0 aliphatic carbocycles. The van der Waals surface area contributed by atoms with E-state index < -0.39 is 5.97 Å². The topological polar surface area (TPSA) is 67.4 Å². The van der Waals surface area contributed by atoms with Gasteiger partial charge < -0.3 is 15.4 Å². The lowest BCUT2D eigenvalue weighted by atomic mass is 10.1. The van der Waals surface area contributed by atoms with E-state index in [1.807, 2.05) is 0 Å². The number of esters is 1. The molecule has 0 bridgehead atoms. The largest absolute Gasteiger partial charge is 0.463 e. The fourth-order valence-electron chi connectivity index (χ4n) is 1.03. The Bertz CT molecular complexity index is 260. The summed E-state index contributed by atoms with van der Waals surface area (Å²) in [5.74, 6) is -0.400. The molecule has 5 heteroatoms. The summed E-state index contributed by atoms with van der Waals surface area (Å²) in [6.07, 6.45) is 1.38. The first-order valence-electron chi connectivity index (χ1n) is 4.09. The maximum absolute atomic E-state index is 11.2. The highest BCUT2D eigenvalue weighted by Crippen LogP contribution is 2.06. The average molecular weight is 184 g/mol. The van der Waals surface area contributed by atoms with E-state index in [0.717, 1.165) is 0 Å². The molecular formula is C8H12N2O3. The van der Waals surface area contributed by atoms with Gasteiger partial charge >= 0.3 is 12.0 Å². The minimum absolute atomic E-state index is 0.298. The van der Waals surface area contributed by atoms with Crippen LogP contribution in [-0.4, -0.2) is 24.6 Å². The number of hydrogen-bond acceptors (Lipinski definition) is 3. The van der Waals surface area contributed by atoms with Gasteiger partial charge in [0.05, 0.1) is 18.2 Å². The lowest BCUT2D eigenvalue weighted by Gasteiger charge is -2.20. The van der Waals surface area contributed by atoms with E-state index in [2.05, 4.69) is 10.6 Å². The lowest BCUT2D eigenvalue weighted by molar-refractivity contribution is -0.138. The van der Waals surface area contributed by atoms with E-state index in [9.17, 15) is 9.59 Å². The van der Waals surface area contributed by atoms with Gasteiger partial charge in [-0.05, 0) is 13.8 Å². The van der Waals surface area contributed by atoms with Crippen molar-refractivity contribution in [3.05, 3.63) is 11.8 Å². The van der Waals surface area contributed by atoms with Crippen LogP contribution < -0.4 is 10.6 Å². The summed E-state index contributed by atoms with van der Waals surface area (Å²) in [6.45, 7) is 3.79. The monoisotopic (exact) mass is 184 g/mol. The van der Waals surface area contributed by atoms with Crippen molar-refractivity contribution in [2.75, 3.05) is 6.61 Å². The van der Waals surface area contributed by atoms with Crippen LogP contribution in [0, 0.1) is 0 Å². The van der Waals surface area contributed by atoms with Crippen LogP contribution in [0.1, 0.15) is 13.8 Å². The number of urea groups is 1. The Morgan fingerprint density at radius 3 is 2.92 bits per heavy atom. The van der Waals surface area contributed by atoms with Crippen LogP contribution >= 0.6 is 0 Å². The van der Waals surface area contributed by atoms with Crippen LogP contribution in [0.2, 0.25) is 0 Å². The molecule has 1 heterocycles. The van der Waals surface area contributed by atoms with Crippen molar-refractivity contribution in [1.82, 2.24) is 10.6 Å². The van der Waals surface area contributed by atoms with Crippen LogP contribution in [0.15, 0.2) is 11.8 Å². The number of carbonyl (C=O) groups excluding carboxylic acids is 2. The third kappa shape index (κ3) is 2.21. The number of nitrogens with one attached hydrogen (secondary N) is 2. The molecule has 72 valence electrons. The van der Waals surface area contributed by atoms with E-state index in [1.54, 1.807) is 13.8 Å². The highest BCUT2D eigenvalue weighted by molar-refractivity contribution is 5.93. The molecule has 0 saturated heterocycles. The van der Waals surface area contributed by atoms with Gasteiger partial charge in [-0.25, -0.2) is 9.59 Å². The fraction of sp³-hybridized carbons (Fsp3) is 0.500. The van der Waals surface area contributed by atoms with Gasteiger partial charge in [-0.15, -0.1) is 0 Å². The lowest BCUT2D eigenvalue weighted by Crippen LogP contribution is -2.46. The van der Waals surface area contributed by atoms with Crippen LogP contribution in [0.25, 0.3) is 0 Å². The van der Waals surface area contributed by atoms with Gasteiger partial charge in [-0.1, -0.05) is 0 Å². The van der Waals surface area contributed by atoms with E-state index in [0.29, 0.717) is 12.2 Å². The summed E-state index contributed by atoms with van der Waals surface area (Å²) in [5, 5.41) is 4.94. The molecule has 1 rings (SSSR count). The molecule has 0 aromatic carbocycles. The summed E-state index contributed by atoms with van der Waals surface area (Å²) >= 11 is 0. The molecule has 13 heavy (non-hydrogen) atoms. The van der Waals surface area contributed by atoms with Crippen LogP contribution in [-0.2, 0) is 9.53 Å². The first-order valence-corrected chi connectivity index (χ1v) is 4.09. The van der Waals surface area contributed by atoms with E-state index in [1.165, 1.54) is 6.20 Å². The first-order chi connectivity index (χ1) is 6.15. The molecule has 2 N–H and O–H groups in total. The Balaban J connectivity index is 2.68. The molecule has 5 nitrogen and oxygen atoms in total. The molecule has 1 aliphatic heterocycles. The van der Waals surface area contributed by atoms with Crippen molar-refractivity contribution in [1.29, 1.82) is 0 Å². The van der Waals surface area contributed by atoms with Gasteiger partial charge in [-0.3, -0.25) is 0 Å². The fourth-order valence-corrected chi connectivity index (χ4v) is 1.03. The standard InChI is InChI=1S/C8H12N2O3/c1-3-13-7(11)6-4-9-8(12)10-5(6)2/h4-5H,3H2,1-2H3,(H2,9,10,12). The number of ether oxygens (including phenoxy) is 1. The van der Waals surface area contributed by atoms with Crippen LogP contribution in [0.4, 0.5) is 4.79 Å². The van der Waals surface area contributed by atoms with Gasteiger partial charge in [0, 0.05) is 6.20 Å². The van der Waals surface area contributed by atoms with E-state index in [-0.39, 0.29) is 12.1 Å². The highest BCUT2D eigenvalue weighted by atomic mass is 16.5. The molecule has 0 spiro atoms. The van der Waals surface area contributed by atoms with Crippen LogP contribution in [0.3, 0.4) is 0 Å². The average Bonchev–Trinajstić information content (AvgIpc) is 2.04. The Morgan fingerprint density at radius 1 is 1.69 bits per heavy atom. The number of hydrogen-bond donors (Lipinski definition) is 2. The zero-order chi connectivity index (χ0) is 9.84. The van der Waals surface area contributed by atoms with Crippen molar-refractivity contribution < 1.29 is 14.3 Å². The van der Waals surface area contributed by atoms with Gasteiger partial charge in [0.2, 0.25) is 0 Å². The van der Waals surface area contributed by atoms with Gasteiger partial charge in [0.25, 0.3) is 0 Å². The summed E-state index contributed by atoms with van der Waals surface area (Å²) in [6, 6.07) is -0.603. The second-order valence-corrected chi connectivity index (χ2v) is 2.66. The quantitative estimate of drug-likeness (QED) is 0.599. The van der Waals surface area contributed by atoms with Gasteiger partial charge in [0.15, 0.2) is 0 Å². The summed E-state index contributed by atoms with van der Waals surface area (Å²) < 4.78 is 4.79. The highest BCUT2D eigenvalue weighted by Gasteiger charge is 2.23. The molecule has 0 fully saturated rings. The minimum Gasteiger partial charge on any atom is -0.463 e. The summed E-state index contributed by atoms with van der Waals surface area (Å²) in [4.78, 5) is 22.0. The maximum atomic E-state index is 11.2. The summed E-state index contributed by atoms with van der Waals surface area (Å²) in [5.41, 5.74) is 0.432. The van der Waals surface area contributed by atoms with Crippen molar-refractivity contribution in [3.63, 3.8) is 0 Å². The third-order valence-electron chi connectivity index (χ3n) is 1.68. The molecule has 0 radical (unpaired) electrons. The normalized spacial score (nSPS) is 21.2. The summed E-state index contributed by atoms with van der Waals surface area (Å²) in [7, 11) is 0. The zero-order valence-electron chi connectivity index (χ0n) is 7.59. The zero-order valence-corrected chi connectivity index (χ0v) is 7.59. The van der Waals surface area contributed by atoms with Crippen molar-refractivity contribution >= 4 is 12.0 Å².